The lowest BCUT2D eigenvalue weighted by Gasteiger charge is -2.01. The van der Waals surface area contributed by atoms with Crippen molar-refractivity contribution in [2.24, 2.45) is 5.92 Å². The maximum atomic E-state index is 10.2. The van der Waals surface area contributed by atoms with Crippen LogP contribution in [-0.2, 0) is 11.2 Å². The first-order valence-corrected chi connectivity index (χ1v) is 3.57. The molecule has 1 rings (SSSR count). The van der Waals surface area contributed by atoms with Crippen molar-refractivity contribution in [2.75, 3.05) is 0 Å². The van der Waals surface area contributed by atoms with E-state index in [4.69, 9.17) is 6.92 Å². The van der Waals surface area contributed by atoms with Gasteiger partial charge >= 0.3 is 0 Å². The molecule has 0 bridgehead atoms. The summed E-state index contributed by atoms with van der Waals surface area (Å²) in [6.45, 7) is 5.44. The van der Waals surface area contributed by atoms with Crippen molar-refractivity contribution in [1.29, 1.82) is 0 Å². The number of benzene rings is 1. The minimum atomic E-state index is -0.364. The summed E-state index contributed by atoms with van der Waals surface area (Å²) in [5.74, 6) is -0.364. The van der Waals surface area contributed by atoms with E-state index in [1.165, 1.54) is 0 Å². The molecule has 0 unspecified atom stereocenters. The Balaban J connectivity index is 2.57. The van der Waals surface area contributed by atoms with Crippen LogP contribution in [0.3, 0.4) is 0 Å². The molecule has 0 aliphatic rings. The molecule has 1 heteroatoms. The molecule has 0 aliphatic heterocycles. The van der Waals surface area contributed by atoms with Crippen molar-refractivity contribution >= 4 is 6.29 Å². The fourth-order valence-electron chi connectivity index (χ4n) is 0.934. The summed E-state index contributed by atoms with van der Waals surface area (Å²) in [6.07, 6.45) is 1.40. The van der Waals surface area contributed by atoms with E-state index in [2.05, 4.69) is 0 Å². The van der Waals surface area contributed by atoms with Crippen LogP contribution in [0.5, 0.6) is 0 Å². The Morgan fingerprint density at radius 3 is 2.55 bits per heavy atom. The van der Waals surface area contributed by atoms with Crippen LogP contribution in [0.1, 0.15) is 5.56 Å². The van der Waals surface area contributed by atoms with Crippen molar-refractivity contribution < 1.29 is 4.79 Å². The van der Waals surface area contributed by atoms with Gasteiger partial charge in [0.1, 0.15) is 6.29 Å². The third-order valence-corrected chi connectivity index (χ3v) is 1.49. The van der Waals surface area contributed by atoms with Crippen molar-refractivity contribution in [3.05, 3.63) is 42.8 Å². The van der Waals surface area contributed by atoms with Crippen molar-refractivity contribution in [3.8, 4) is 0 Å². The summed E-state index contributed by atoms with van der Waals surface area (Å²) in [5, 5.41) is 0. The molecule has 11 heavy (non-hydrogen) atoms. The average molecular weight is 146 g/mol. The molecule has 0 aromatic heterocycles. The fourth-order valence-corrected chi connectivity index (χ4v) is 0.934. The van der Waals surface area contributed by atoms with Gasteiger partial charge in [-0.05, 0) is 18.9 Å². The van der Waals surface area contributed by atoms with E-state index < -0.39 is 0 Å². The molecule has 0 saturated heterocycles. The molecular weight excluding hydrogens is 136 g/mol. The minimum Gasteiger partial charge on any atom is -0.303 e. The Labute approximate surface area is 67.1 Å². The van der Waals surface area contributed by atoms with Crippen LogP contribution in [0.2, 0.25) is 0 Å². The molecule has 56 valence electrons. The number of rotatable bonds is 3. The Hall–Kier alpha value is -1.11. The lowest BCUT2D eigenvalue weighted by Crippen LogP contribution is -2.00. The highest BCUT2D eigenvalue weighted by atomic mass is 16.1. The molecule has 0 N–H and O–H groups in total. The van der Waals surface area contributed by atoms with Crippen LogP contribution in [0, 0.1) is 12.8 Å². The van der Waals surface area contributed by atoms with Gasteiger partial charge in [0.2, 0.25) is 0 Å². The maximum absolute atomic E-state index is 10.2. The number of hydrogen-bond donors (Lipinski definition) is 0. The third kappa shape index (κ3) is 2.54. The van der Waals surface area contributed by atoms with Crippen LogP contribution in [0.4, 0.5) is 0 Å². The lowest BCUT2D eigenvalue weighted by atomic mass is 10.0. The average Bonchev–Trinajstić information content (AvgIpc) is 2.06. The van der Waals surface area contributed by atoms with Gasteiger partial charge in [-0.1, -0.05) is 30.3 Å². The molecule has 2 radical (unpaired) electrons. The standard InChI is InChI=1S/C10H10O/c1-9(8-11)7-10-5-3-2-4-6-10/h1-6,8-9H,7H2/t9-/m0/s1. The minimum absolute atomic E-state index is 0.364. The summed E-state index contributed by atoms with van der Waals surface area (Å²) in [4.78, 5) is 10.2. The van der Waals surface area contributed by atoms with Gasteiger partial charge in [-0.15, -0.1) is 0 Å². The molecule has 1 nitrogen and oxygen atoms in total. The van der Waals surface area contributed by atoms with E-state index in [1.807, 2.05) is 30.3 Å². The second-order valence-electron chi connectivity index (χ2n) is 2.49. The van der Waals surface area contributed by atoms with E-state index in [1.54, 1.807) is 0 Å². The third-order valence-electron chi connectivity index (χ3n) is 1.49. The quantitative estimate of drug-likeness (QED) is 0.594. The summed E-state index contributed by atoms with van der Waals surface area (Å²) in [5.41, 5.74) is 1.10. The van der Waals surface area contributed by atoms with Crippen LogP contribution in [0.25, 0.3) is 0 Å². The molecule has 0 heterocycles. The Bertz CT molecular complexity index is 216. The molecule has 0 spiro atoms. The van der Waals surface area contributed by atoms with Gasteiger partial charge in [-0.2, -0.15) is 0 Å². The van der Waals surface area contributed by atoms with Crippen LogP contribution >= 0.6 is 0 Å². The zero-order valence-corrected chi connectivity index (χ0v) is 6.23. The molecule has 0 fully saturated rings. The highest BCUT2D eigenvalue weighted by Gasteiger charge is 1.99. The maximum Gasteiger partial charge on any atom is 0.123 e. The van der Waals surface area contributed by atoms with Crippen LogP contribution in [0.15, 0.2) is 30.3 Å². The summed E-state index contributed by atoms with van der Waals surface area (Å²) in [7, 11) is 0. The van der Waals surface area contributed by atoms with Gasteiger partial charge in [0.15, 0.2) is 0 Å². The van der Waals surface area contributed by atoms with Gasteiger partial charge in [0.25, 0.3) is 0 Å². The molecule has 0 amide bonds. The molecule has 0 aliphatic carbocycles. The molecule has 1 aromatic rings. The van der Waals surface area contributed by atoms with E-state index in [0.717, 1.165) is 11.8 Å². The van der Waals surface area contributed by atoms with E-state index in [0.29, 0.717) is 6.42 Å². The van der Waals surface area contributed by atoms with Gasteiger partial charge in [-0.3, -0.25) is 0 Å². The largest absolute Gasteiger partial charge is 0.303 e. The second-order valence-corrected chi connectivity index (χ2v) is 2.49. The molecule has 1 atom stereocenters. The SMILES string of the molecule is [CH][C@H](C=O)Cc1ccccc1. The highest BCUT2D eigenvalue weighted by molar-refractivity contribution is 5.55. The van der Waals surface area contributed by atoms with Crippen molar-refractivity contribution in [3.63, 3.8) is 0 Å². The predicted molar refractivity (Wildman–Crippen MR) is 44.0 cm³/mol. The Kier molecular flexibility index (Phi) is 2.84. The zero-order valence-electron chi connectivity index (χ0n) is 6.23. The fraction of sp³-hybridized carbons (Fsp3) is 0.200. The lowest BCUT2D eigenvalue weighted by molar-refractivity contribution is -0.109. The Morgan fingerprint density at radius 2 is 2.00 bits per heavy atom. The topological polar surface area (TPSA) is 17.1 Å². The first-order valence-electron chi connectivity index (χ1n) is 3.57. The molecule has 1 aromatic carbocycles. The summed E-state index contributed by atoms with van der Waals surface area (Å²) < 4.78 is 0. The van der Waals surface area contributed by atoms with Gasteiger partial charge in [-0.25, -0.2) is 0 Å². The molecular formula is C10H10O. The summed E-state index contributed by atoms with van der Waals surface area (Å²) in [6, 6.07) is 9.74. The Morgan fingerprint density at radius 1 is 1.36 bits per heavy atom. The van der Waals surface area contributed by atoms with Crippen LogP contribution < -0.4 is 0 Å². The first-order chi connectivity index (χ1) is 5.33. The first kappa shape index (κ1) is 7.99. The smallest absolute Gasteiger partial charge is 0.123 e. The van der Waals surface area contributed by atoms with E-state index in [-0.39, 0.29) is 5.92 Å². The van der Waals surface area contributed by atoms with Crippen molar-refractivity contribution in [1.82, 2.24) is 0 Å². The summed E-state index contributed by atoms with van der Waals surface area (Å²) >= 11 is 0. The van der Waals surface area contributed by atoms with E-state index in [9.17, 15) is 4.79 Å². The van der Waals surface area contributed by atoms with Gasteiger partial charge in [0, 0.05) is 5.92 Å². The van der Waals surface area contributed by atoms with Crippen LogP contribution in [-0.4, -0.2) is 6.29 Å². The number of hydrogen-bond acceptors (Lipinski definition) is 1. The monoisotopic (exact) mass is 146 g/mol. The van der Waals surface area contributed by atoms with E-state index >= 15 is 0 Å². The second kappa shape index (κ2) is 3.91. The zero-order chi connectivity index (χ0) is 8.10. The highest BCUT2D eigenvalue weighted by Crippen LogP contribution is 2.04. The van der Waals surface area contributed by atoms with Gasteiger partial charge in [0.05, 0.1) is 0 Å². The van der Waals surface area contributed by atoms with Gasteiger partial charge < -0.3 is 4.79 Å². The number of aldehydes is 1. The predicted octanol–water partition coefficient (Wildman–Crippen LogP) is 1.76. The number of carbonyl (C=O) groups excluding carboxylic acids is 1. The van der Waals surface area contributed by atoms with Crippen molar-refractivity contribution in [2.45, 2.75) is 6.42 Å². The normalized spacial score (nSPS) is 12.5. The number of carbonyl (C=O) groups is 1. The molecule has 0 saturated carbocycles.